The molecule has 0 bridgehead atoms. The highest BCUT2D eigenvalue weighted by Crippen LogP contribution is 2.13. The van der Waals surface area contributed by atoms with Gasteiger partial charge in [0.1, 0.15) is 5.60 Å². The lowest BCUT2D eigenvalue weighted by atomic mass is 10.1. The first kappa shape index (κ1) is 16.0. The second-order valence-corrected chi connectivity index (χ2v) is 5.62. The van der Waals surface area contributed by atoms with Crippen LogP contribution in [0.15, 0.2) is 30.3 Å². The van der Waals surface area contributed by atoms with E-state index in [1.165, 1.54) is 7.05 Å². The summed E-state index contributed by atoms with van der Waals surface area (Å²) in [4.78, 5) is 24.2. The number of rotatable bonds is 4. The number of carbonyl (C=O) groups excluding carboxylic acids is 2. The summed E-state index contributed by atoms with van der Waals surface area (Å²) >= 11 is 0. The molecule has 0 aliphatic carbocycles. The second kappa shape index (κ2) is 6.41. The molecule has 1 rings (SSSR count). The number of aliphatic carboxylic acids is 1. The highest BCUT2D eigenvalue weighted by atomic mass is 16.6. The molecule has 0 aliphatic rings. The van der Waals surface area contributed by atoms with E-state index < -0.39 is 23.7 Å². The van der Waals surface area contributed by atoms with Gasteiger partial charge in [-0.1, -0.05) is 30.3 Å². The molecule has 110 valence electrons. The van der Waals surface area contributed by atoms with Crippen LogP contribution >= 0.6 is 0 Å². The van der Waals surface area contributed by atoms with Gasteiger partial charge in [0.15, 0.2) is 0 Å². The predicted octanol–water partition coefficient (Wildman–Crippen LogP) is 1.21. The molecule has 0 saturated heterocycles. The summed E-state index contributed by atoms with van der Waals surface area (Å²) in [6, 6.07) is 8.02. The molecule has 0 aliphatic heterocycles. The largest absolute Gasteiger partial charge is 0.548 e. The molecule has 20 heavy (non-hydrogen) atoms. The van der Waals surface area contributed by atoms with Crippen molar-refractivity contribution in [1.29, 1.82) is 0 Å². The number of carboxylic acid groups (broad SMARTS) is 1. The molecule has 5 nitrogen and oxygen atoms in total. The first-order valence-electron chi connectivity index (χ1n) is 6.41. The molecule has 0 N–H and O–H groups in total. The number of benzene rings is 1. The first-order valence-corrected chi connectivity index (χ1v) is 6.41. The summed E-state index contributed by atoms with van der Waals surface area (Å²) in [5.74, 6) is -1.30. The van der Waals surface area contributed by atoms with E-state index in [-0.39, 0.29) is 6.42 Å². The number of ether oxygens (including phenoxy) is 1. The lowest BCUT2D eigenvalue weighted by Gasteiger charge is -2.31. The quantitative estimate of drug-likeness (QED) is 0.830. The van der Waals surface area contributed by atoms with Crippen molar-refractivity contribution >= 4 is 12.1 Å². The van der Waals surface area contributed by atoms with Gasteiger partial charge in [-0.2, -0.15) is 0 Å². The van der Waals surface area contributed by atoms with E-state index in [4.69, 9.17) is 4.74 Å². The van der Waals surface area contributed by atoms with E-state index in [9.17, 15) is 14.7 Å². The SMILES string of the molecule is CN(C(=O)OC(C)(C)C)[C@H](Cc1ccccc1)C(=O)[O-]. The van der Waals surface area contributed by atoms with Crippen LogP contribution in [-0.4, -0.2) is 35.7 Å². The van der Waals surface area contributed by atoms with Crippen molar-refractivity contribution in [2.45, 2.75) is 38.8 Å². The van der Waals surface area contributed by atoms with Crippen molar-refractivity contribution in [3.8, 4) is 0 Å². The summed E-state index contributed by atoms with van der Waals surface area (Å²) in [7, 11) is 1.40. The van der Waals surface area contributed by atoms with Crippen molar-refractivity contribution in [3.05, 3.63) is 35.9 Å². The first-order chi connectivity index (χ1) is 9.20. The standard InChI is InChI=1S/C15H21NO4/c1-15(2,3)20-14(19)16(4)12(13(17)18)10-11-8-6-5-7-9-11/h5-9,12H,10H2,1-4H3,(H,17,18)/p-1/t12-/m1/s1. The van der Waals surface area contributed by atoms with Gasteiger partial charge in [0.25, 0.3) is 0 Å². The number of carboxylic acids is 1. The van der Waals surface area contributed by atoms with Gasteiger partial charge in [-0.25, -0.2) is 4.79 Å². The Morgan fingerprint density at radius 2 is 1.80 bits per heavy atom. The number of hydrogen-bond acceptors (Lipinski definition) is 4. The Balaban J connectivity index is 2.81. The van der Waals surface area contributed by atoms with Crippen LogP contribution in [0.5, 0.6) is 0 Å². The summed E-state index contributed by atoms with van der Waals surface area (Å²) < 4.78 is 5.16. The van der Waals surface area contributed by atoms with Crippen LogP contribution in [-0.2, 0) is 16.0 Å². The fraction of sp³-hybridized carbons (Fsp3) is 0.467. The summed E-state index contributed by atoms with van der Waals surface area (Å²) in [6.45, 7) is 5.18. The molecule has 0 radical (unpaired) electrons. The smallest absolute Gasteiger partial charge is 0.410 e. The third-order valence-corrected chi connectivity index (χ3v) is 2.69. The van der Waals surface area contributed by atoms with Crippen LogP contribution in [0, 0.1) is 0 Å². The molecule has 0 unspecified atom stereocenters. The topological polar surface area (TPSA) is 69.7 Å². The monoisotopic (exact) mass is 278 g/mol. The second-order valence-electron chi connectivity index (χ2n) is 5.62. The highest BCUT2D eigenvalue weighted by molar-refractivity contribution is 5.79. The van der Waals surface area contributed by atoms with Crippen LogP contribution < -0.4 is 5.11 Å². The molecule has 5 heteroatoms. The Bertz CT molecular complexity index is 465. The van der Waals surface area contributed by atoms with Gasteiger partial charge >= 0.3 is 6.09 Å². The number of likely N-dealkylation sites (N-methyl/N-ethyl adjacent to an activating group) is 1. The lowest BCUT2D eigenvalue weighted by molar-refractivity contribution is -0.310. The van der Waals surface area contributed by atoms with Crippen LogP contribution in [0.25, 0.3) is 0 Å². The summed E-state index contributed by atoms with van der Waals surface area (Å²) in [5.41, 5.74) is 0.145. The zero-order valence-corrected chi connectivity index (χ0v) is 12.3. The summed E-state index contributed by atoms with van der Waals surface area (Å²) in [5, 5.41) is 11.3. The van der Waals surface area contributed by atoms with Crippen LogP contribution in [0.4, 0.5) is 4.79 Å². The number of carbonyl (C=O) groups is 2. The molecular formula is C15H20NO4-. The molecule has 0 fully saturated rings. The number of amides is 1. The third-order valence-electron chi connectivity index (χ3n) is 2.69. The summed E-state index contributed by atoms with van der Waals surface area (Å²) in [6.07, 6.45) is -0.499. The maximum atomic E-state index is 11.9. The van der Waals surface area contributed by atoms with Gasteiger partial charge in [-0.05, 0) is 32.8 Å². The molecule has 1 aromatic carbocycles. The molecule has 0 heterocycles. The van der Waals surface area contributed by atoms with Gasteiger partial charge in [-0.3, -0.25) is 0 Å². The Morgan fingerprint density at radius 1 is 1.25 bits per heavy atom. The molecule has 0 spiro atoms. The Kier molecular flexibility index (Phi) is 5.13. The zero-order chi connectivity index (χ0) is 15.3. The molecule has 1 atom stereocenters. The Labute approximate surface area is 119 Å². The van der Waals surface area contributed by atoms with E-state index in [0.29, 0.717) is 0 Å². The van der Waals surface area contributed by atoms with Crippen molar-refractivity contribution in [1.82, 2.24) is 4.90 Å². The van der Waals surface area contributed by atoms with Gasteiger partial charge in [0, 0.05) is 7.05 Å². The number of nitrogens with zero attached hydrogens (tertiary/aromatic N) is 1. The maximum Gasteiger partial charge on any atom is 0.410 e. The molecule has 0 aromatic heterocycles. The molecule has 0 saturated carbocycles. The number of hydrogen-bond donors (Lipinski definition) is 0. The van der Waals surface area contributed by atoms with Crippen molar-refractivity contribution < 1.29 is 19.4 Å². The van der Waals surface area contributed by atoms with Crippen LogP contribution in [0.3, 0.4) is 0 Å². The normalized spacial score (nSPS) is 12.6. The lowest BCUT2D eigenvalue weighted by Crippen LogP contribution is -2.51. The van der Waals surface area contributed by atoms with E-state index in [1.54, 1.807) is 32.9 Å². The Morgan fingerprint density at radius 3 is 2.25 bits per heavy atom. The van der Waals surface area contributed by atoms with Gasteiger partial charge in [0.2, 0.25) is 0 Å². The minimum Gasteiger partial charge on any atom is -0.548 e. The molecular weight excluding hydrogens is 258 g/mol. The Hall–Kier alpha value is -2.04. The van der Waals surface area contributed by atoms with E-state index in [2.05, 4.69) is 0 Å². The van der Waals surface area contributed by atoms with Gasteiger partial charge in [0.05, 0.1) is 12.0 Å². The minimum atomic E-state index is -1.30. The fourth-order valence-electron chi connectivity index (χ4n) is 1.68. The average Bonchev–Trinajstić information content (AvgIpc) is 2.34. The van der Waals surface area contributed by atoms with E-state index >= 15 is 0 Å². The average molecular weight is 278 g/mol. The van der Waals surface area contributed by atoms with E-state index in [0.717, 1.165) is 10.5 Å². The third kappa shape index (κ3) is 4.91. The van der Waals surface area contributed by atoms with Gasteiger partial charge in [-0.15, -0.1) is 0 Å². The molecule has 1 amide bonds. The van der Waals surface area contributed by atoms with E-state index in [1.807, 2.05) is 18.2 Å². The highest BCUT2D eigenvalue weighted by Gasteiger charge is 2.26. The van der Waals surface area contributed by atoms with Crippen LogP contribution in [0.1, 0.15) is 26.3 Å². The van der Waals surface area contributed by atoms with Crippen molar-refractivity contribution in [2.75, 3.05) is 7.05 Å². The van der Waals surface area contributed by atoms with Crippen molar-refractivity contribution in [3.63, 3.8) is 0 Å². The maximum absolute atomic E-state index is 11.9. The molecule has 1 aromatic rings. The minimum absolute atomic E-state index is 0.179. The van der Waals surface area contributed by atoms with Crippen molar-refractivity contribution in [2.24, 2.45) is 0 Å². The fourth-order valence-corrected chi connectivity index (χ4v) is 1.68. The predicted molar refractivity (Wildman–Crippen MR) is 72.9 cm³/mol. The van der Waals surface area contributed by atoms with Gasteiger partial charge < -0.3 is 19.5 Å². The zero-order valence-electron chi connectivity index (χ0n) is 12.3. The van der Waals surface area contributed by atoms with Crippen LogP contribution in [0.2, 0.25) is 0 Å².